The molecule has 2 aromatic carbocycles. The summed E-state index contributed by atoms with van der Waals surface area (Å²) in [6.07, 6.45) is 23.8. The van der Waals surface area contributed by atoms with Crippen LogP contribution in [-0.4, -0.2) is 27.6 Å². The summed E-state index contributed by atoms with van der Waals surface area (Å²) in [4.78, 5) is 13.0. The Balaban J connectivity index is 0.935. The highest BCUT2D eigenvalue weighted by atomic mass is 16.7. The lowest BCUT2D eigenvalue weighted by atomic mass is 9.52. The normalized spacial score (nSPS) is 41.0. The minimum absolute atomic E-state index is 0.218. The third-order valence-electron chi connectivity index (χ3n) is 14.5. The number of terminal acetylenes is 2. The maximum absolute atomic E-state index is 13.0. The van der Waals surface area contributed by atoms with E-state index < -0.39 is 22.8 Å². The molecule has 5 nitrogen and oxygen atoms in total. The largest absolute Gasteiger partial charge is 0.519 e. The summed E-state index contributed by atoms with van der Waals surface area (Å²) >= 11 is 0. The number of rotatable bonds is 3. The average molecular weight is 631 g/mol. The summed E-state index contributed by atoms with van der Waals surface area (Å²) in [5.74, 6) is 9.08. The van der Waals surface area contributed by atoms with Crippen LogP contribution in [0.5, 0.6) is 11.5 Å². The fourth-order valence-corrected chi connectivity index (χ4v) is 12.1. The Morgan fingerprint density at radius 1 is 0.787 bits per heavy atom. The van der Waals surface area contributed by atoms with Gasteiger partial charge in [0.05, 0.1) is 0 Å². The molecule has 6 unspecified atom stereocenters. The van der Waals surface area contributed by atoms with Gasteiger partial charge in [0.1, 0.15) is 22.7 Å². The van der Waals surface area contributed by atoms with Crippen LogP contribution in [0.2, 0.25) is 0 Å². The maximum Gasteiger partial charge on any atom is 0.519 e. The zero-order valence-electron chi connectivity index (χ0n) is 27.5. The van der Waals surface area contributed by atoms with Gasteiger partial charge in [0, 0.05) is 10.8 Å². The number of carbonyl (C=O) groups is 1. The van der Waals surface area contributed by atoms with Gasteiger partial charge in [-0.25, -0.2) is 4.79 Å². The topological polar surface area (TPSA) is 76.0 Å². The Hall–Kier alpha value is -3.51. The second-order valence-corrected chi connectivity index (χ2v) is 15.8. The van der Waals surface area contributed by atoms with Gasteiger partial charge in [-0.1, -0.05) is 37.0 Å². The van der Waals surface area contributed by atoms with E-state index in [-0.39, 0.29) is 5.41 Å². The lowest BCUT2D eigenvalue weighted by Crippen LogP contribution is -2.50. The first-order chi connectivity index (χ1) is 22.6. The lowest BCUT2D eigenvalue weighted by molar-refractivity contribution is -0.0646. The first kappa shape index (κ1) is 30.8. The zero-order chi connectivity index (χ0) is 32.8. The Kier molecular flexibility index (Phi) is 7.04. The molecule has 0 saturated heterocycles. The zero-order valence-corrected chi connectivity index (χ0v) is 27.5. The first-order valence-corrected chi connectivity index (χ1v) is 17.8. The molecule has 244 valence electrons. The summed E-state index contributed by atoms with van der Waals surface area (Å²) in [6, 6.07) is 12.1. The van der Waals surface area contributed by atoms with Crippen LogP contribution in [0.1, 0.15) is 105 Å². The summed E-state index contributed by atoms with van der Waals surface area (Å²) in [5.41, 5.74) is 2.41. The Labute approximate surface area is 279 Å². The van der Waals surface area contributed by atoms with Crippen LogP contribution in [0.4, 0.5) is 4.79 Å². The van der Waals surface area contributed by atoms with E-state index in [0.717, 1.165) is 64.2 Å². The Morgan fingerprint density at radius 3 is 1.89 bits per heavy atom. The van der Waals surface area contributed by atoms with Gasteiger partial charge in [-0.2, -0.15) is 0 Å². The van der Waals surface area contributed by atoms with Crippen molar-refractivity contribution in [1.29, 1.82) is 0 Å². The van der Waals surface area contributed by atoms with Gasteiger partial charge < -0.3 is 19.7 Å². The molecular formula is C42H46O5. The van der Waals surface area contributed by atoms with Gasteiger partial charge >= 0.3 is 6.16 Å². The van der Waals surface area contributed by atoms with E-state index in [9.17, 15) is 15.0 Å². The molecule has 0 amide bonds. The molecule has 4 fully saturated rings. The van der Waals surface area contributed by atoms with Gasteiger partial charge in [0.15, 0.2) is 0 Å². The fourth-order valence-electron chi connectivity index (χ4n) is 12.1. The number of hydrogen-bond donors (Lipinski definition) is 2. The molecule has 5 heteroatoms. The van der Waals surface area contributed by atoms with Crippen LogP contribution in [0, 0.1) is 59.2 Å². The second kappa shape index (κ2) is 10.7. The number of aryl methyl sites for hydroxylation is 2. The van der Waals surface area contributed by atoms with Gasteiger partial charge in [0.2, 0.25) is 0 Å². The molecule has 10 atom stereocenters. The number of fused-ring (bicyclic) bond motifs is 10. The van der Waals surface area contributed by atoms with E-state index >= 15 is 0 Å². The van der Waals surface area contributed by atoms with Crippen LogP contribution < -0.4 is 9.47 Å². The Morgan fingerprint density at radius 2 is 1.32 bits per heavy atom. The van der Waals surface area contributed by atoms with Crippen molar-refractivity contribution >= 4 is 6.16 Å². The van der Waals surface area contributed by atoms with Crippen molar-refractivity contribution in [1.82, 2.24) is 0 Å². The SMILES string of the molecule is C#C[C@]1(O)CCC2C3CCc4cc(OC(=O)Oc5ccc6c(c5)CCC5C6CC[C@@]6(C=C)C5CC[C@@]6(O)C#C)ccc4C3CC[C@@]21C. The predicted molar refractivity (Wildman–Crippen MR) is 181 cm³/mol. The number of hydrogen-bond acceptors (Lipinski definition) is 5. The summed E-state index contributed by atoms with van der Waals surface area (Å²) in [6.45, 7) is 6.35. The quantitative estimate of drug-likeness (QED) is 0.156. The Bertz CT molecular complexity index is 1730. The molecule has 8 rings (SSSR count). The van der Waals surface area contributed by atoms with Gasteiger partial charge in [-0.05, 0) is 159 Å². The van der Waals surface area contributed by atoms with E-state index in [1.807, 2.05) is 30.3 Å². The molecule has 0 aromatic heterocycles. The molecule has 2 N–H and O–H groups in total. The van der Waals surface area contributed by atoms with Gasteiger partial charge in [0.25, 0.3) is 0 Å². The number of ether oxygens (including phenoxy) is 2. The fraction of sp³-hybridized carbons (Fsp3) is 0.548. The minimum Gasteiger partial charge on any atom is -0.395 e. The molecule has 0 bridgehead atoms. The highest BCUT2D eigenvalue weighted by Crippen LogP contribution is 2.66. The molecule has 6 aliphatic carbocycles. The van der Waals surface area contributed by atoms with Crippen LogP contribution >= 0.6 is 0 Å². The van der Waals surface area contributed by atoms with Crippen LogP contribution in [0.3, 0.4) is 0 Å². The van der Waals surface area contributed by atoms with Crippen molar-refractivity contribution in [2.24, 2.45) is 34.5 Å². The number of benzene rings is 2. The predicted octanol–water partition coefficient (Wildman–Crippen LogP) is 7.87. The molecule has 6 aliphatic rings. The number of carbonyl (C=O) groups excluding carboxylic acids is 1. The average Bonchev–Trinajstić information content (AvgIpc) is 3.54. The van der Waals surface area contributed by atoms with Crippen LogP contribution in [0.25, 0.3) is 0 Å². The third kappa shape index (κ3) is 4.29. The first-order valence-electron chi connectivity index (χ1n) is 17.8. The molecule has 0 aliphatic heterocycles. The summed E-state index contributed by atoms with van der Waals surface area (Å²) in [5, 5.41) is 22.6. The van der Waals surface area contributed by atoms with Crippen molar-refractivity contribution < 1.29 is 24.5 Å². The summed E-state index contributed by atoms with van der Waals surface area (Å²) < 4.78 is 11.4. The molecule has 0 heterocycles. The van der Waals surface area contributed by atoms with E-state index in [2.05, 4.69) is 37.5 Å². The molecule has 0 spiro atoms. The summed E-state index contributed by atoms with van der Waals surface area (Å²) in [7, 11) is 0. The highest BCUT2D eigenvalue weighted by molar-refractivity contribution is 5.67. The smallest absolute Gasteiger partial charge is 0.395 e. The van der Waals surface area contributed by atoms with Crippen LogP contribution in [0.15, 0.2) is 49.1 Å². The molecule has 2 aromatic rings. The van der Waals surface area contributed by atoms with Crippen LogP contribution in [-0.2, 0) is 12.8 Å². The number of aliphatic hydroxyl groups is 2. The van der Waals surface area contributed by atoms with E-state index in [1.54, 1.807) is 0 Å². The standard InChI is InChI=1S/C42H46O5/c1-5-40-21-17-33-31-15-11-29(25-27(31)9-13-35(33)37(40)19-23-42(40,45)7-3)47-38(43)46-28-10-14-30-26(24-28)8-12-34-32(30)16-20-39(4)36(34)18-22-41(39,44)6-2/h2-3,5,10-11,14-15,24-25,32-37,44-45H,1,8-9,12-13,16-23H2,4H3/t32?,33?,34?,35?,36?,37?,39-,40-,41-,42-/m0/s1. The molecular weight excluding hydrogens is 584 g/mol. The van der Waals surface area contributed by atoms with E-state index in [1.165, 1.54) is 22.3 Å². The molecule has 4 saturated carbocycles. The van der Waals surface area contributed by atoms with Crippen molar-refractivity contribution in [3.05, 3.63) is 71.3 Å². The van der Waals surface area contributed by atoms with Gasteiger partial charge in [-0.3, -0.25) is 0 Å². The monoisotopic (exact) mass is 630 g/mol. The van der Waals surface area contributed by atoms with Crippen molar-refractivity contribution in [2.45, 2.75) is 107 Å². The van der Waals surface area contributed by atoms with Gasteiger partial charge in [-0.15, -0.1) is 19.4 Å². The minimum atomic E-state index is -1.10. The van der Waals surface area contributed by atoms with Crippen molar-refractivity contribution in [3.63, 3.8) is 0 Å². The second-order valence-electron chi connectivity index (χ2n) is 15.8. The highest BCUT2D eigenvalue weighted by Gasteiger charge is 2.63. The van der Waals surface area contributed by atoms with E-state index in [0.29, 0.717) is 59.8 Å². The van der Waals surface area contributed by atoms with Crippen molar-refractivity contribution in [2.75, 3.05) is 0 Å². The van der Waals surface area contributed by atoms with E-state index in [4.69, 9.17) is 22.3 Å². The lowest BCUT2D eigenvalue weighted by Gasteiger charge is -2.52. The maximum atomic E-state index is 13.0. The van der Waals surface area contributed by atoms with Crippen molar-refractivity contribution in [3.8, 4) is 36.2 Å². The molecule has 47 heavy (non-hydrogen) atoms. The molecule has 0 radical (unpaired) electrons. The third-order valence-corrected chi connectivity index (χ3v) is 14.5.